The molecular formula is C25H36N4O2. The summed E-state index contributed by atoms with van der Waals surface area (Å²) in [4.78, 5) is 15.5. The number of hydrogen-bond acceptors (Lipinski definition) is 5. The number of rotatable bonds is 11. The molecule has 0 radical (unpaired) electrons. The number of nitrogens with two attached hydrogens (primary N) is 1. The normalized spacial score (nSPS) is 14.6. The maximum atomic E-state index is 11.4. The van der Waals surface area contributed by atoms with Gasteiger partial charge in [-0.1, -0.05) is 37.3 Å². The van der Waals surface area contributed by atoms with Crippen LogP contribution in [0.5, 0.6) is 0 Å². The average Bonchev–Trinajstić information content (AvgIpc) is 3.53. The summed E-state index contributed by atoms with van der Waals surface area (Å²) in [5.41, 5.74) is 8.57. The van der Waals surface area contributed by atoms with Gasteiger partial charge in [0, 0.05) is 19.3 Å². The molecule has 5 N–H and O–H groups in total. The van der Waals surface area contributed by atoms with Gasteiger partial charge in [0.15, 0.2) is 0 Å². The van der Waals surface area contributed by atoms with Gasteiger partial charge < -0.3 is 21.5 Å². The van der Waals surface area contributed by atoms with Crippen molar-refractivity contribution in [2.24, 2.45) is 5.41 Å². The molecule has 1 aromatic heterocycles. The van der Waals surface area contributed by atoms with E-state index in [4.69, 9.17) is 5.73 Å². The third kappa shape index (κ3) is 7.72. The molecule has 0 aliphatic heterocycles. The molecule has 0 bridgehead atoms. The molecule has 3 rings (SSSR count). The van der Waals surface area contributed by atoms with Crippen LogP contribution in [-0.4, -0.2) is 35.7 Å². The van der Waals surface area contributed by atoms with Gasteiger partial charge in [0.05, 0.1) is 11.1 Å². The summed E-state index contributed by atoms with van der Waals surface area (Å²) in [5.74, 6) is 0.246. The van der Waals surface area contributed by atoms with Crippen LogP contribution in [-0.2, 0) is 11.2 Å². The van der Waals surface area contributed by atoms with E-state index in [9.17, 15) is 9.90 Å². The van der Waals surface area contributed by atoms with Crippen LogP contribution in [0.1, 0.15) is 50.2 Å². The van der Waals surface area contributed by atoms with E-state index in [-0.39, 0.29) is 0 Å². The first-order valence-electron chi connectivity index (χ1n) is 11.0. The van der Waals surface area contributed by atoms with Crippen LogP contribution in [0.4, 0.5) is 11.5 Å². The Labute approximate surface area is 186 Å². The second-order valence-corrected chi connectivity index (χ2v) is 8.24. The Kier molecular flexibility index (Phi) is 9.53. The molecule has 6 nitrogen and oxygen atoms in total. The first-order valence-corrected chi connectivity index (χ1v) is 11.0. The van der Waals surface area contributed by atoms with Gasteiger partial charge in [0.25, 0.3) is 0 Å². The van der Waals surface area contributed by atoms with E-state index in [0.29, 0.717) is 18.2 Å². The third-order valence-corrected chi connectivity index (χ3v) is 5.50. The maximum absolute atomic E-state index is 11.4. The predicted molar refractivity (Wildman–Crippen MR) is 128 cm³/mol. The van der Waals surface area contributed by atoms with Gasteiger partial charge in [0.2, 0.25) is 0 Å². The molecule has 1 unspecified atom stereocenters. The Morgan fingerprint density at radius 2 is 2.06 bits per heavy atom. The molecule has 1 aliphatic rings. The number of carboxylic acids is 1. The van der Waals surface area contributed by atoms with Gasteiger partial charge in [-0.15, -0.1) is 6.58 Å². The number of nitrogens with one attached hydrogen (secondary N) is 2. The number of carboxylic acid groups (broad SMARTS) is 1. The number of pyridine rings is 1. The van der Waals surface area contributed by atoms with Crippen molar-refractivity contribution in [1.82, 2.24) is 10.3 Å². The highest BCUT2D eigenvalue weighted by Crippen LogP contribution is 2.48. The van der Waals surface area contributed by atoms with Crippen LogP contribution >= 0.6 is 0 Å². The lowest BCUT2D eigenvalue weighted by molar-refractivity contribution is -0.143. The van der Waals surface area contributed by atoms with Crippen molar-refractivity contribution in [3.8, 4) is 0 Å². The fourth-order valence-corrected chi connectivity index (χ4v) is 3.46. The van der Waals surface area contributed by atoms with Gasteiger partial charge in [-0.2, -0.15) is 0 Å². The Bertz CT molecular complexity index is 849. The Balaban J connectivity index is 0.00000107. The number of aromatic nitrogens is 1. The van der Waals surface area contributed by atoms with Crippen molar-refractivity contribution in [2.45, 2.75) is 45.4 Å². The average molecular weight is 425 g/mol. The van der Waals surface area contributed by atoms with E-state index in [0.717, 1.165) is 50.1 Å². The van der Waals surface area contributed by atoms with Crippen molar-refractivity contribution < 1.29 is 9.90 Å². The van der Waals surface area contributed by atoms with Crippen molar-refractivity contribution in [3.05, 3.63) is 66.4 Å². The number of hydrogen-bond donors (Lipinski definition) is 4. The van der Waals surface area contributed by atoms with E-state index in [1.54, 1.807) is 12.3 Å². The van der Waals surface area contributed by atoms with Crippen molar-refractivity contribution in [2.75, 3.05) is 30.7 Å². The molecule has 31 heavy (non-hydrogen) atoms. The molecule has 1 aromatic carbocycles. The monoisotopic (exact) mass is 424 g/mol. The van der Waals surface area contributed by atoms with Gasteiger partial charge >= 0.3 is 5.97 Å². The Hall–Kier alpha value is -2.86. The molecule has 0 spiro atoms. The third-order valence-electron chi connectivity index (χ3n) is 5.50. The number of aliphatic carboxylic acids is 1. The lowest BCUT2D eigenvalue weighted by Gasteiger charge is -2.16. The van der Waals surface area contributed by atoms with Crippen molar-refractivity contribution in [3.63, 3.8) is 0 Å². The largest absolute Gasteiger partial charge is 0.481 e. The minimum absolute atomic E-state index is 0.377. The summed E-state index contributed by atoms with van der Waals surface area (Å²) < 4.78 is 0. The summed E-state index contributed by atoms with van der Waals surface area (Å²) in [6.45, 7) is 10.1. The van der Waals surface area contributed by atoms with Crippen LogP contribution in [0.25, 0.3) is 0 Å². The highest BCUT2D eigenvalue weighted by molar-refractivity contribution is 5.78. The Morgan fingerprint density at radius 1 is 1.32 bits per heavy atom. The number of benzene rings is 1. The molecule has 1 aliphatic carbocycles. The molecule has 0 saturated heterocycles. The first kappa shape index (κ1) is 24.4. The molecule has 1 atom stereocenters. The summed E-state index contributed by atoms with van der Waals surface area (Å²) in [6.07, 6.45) is 6.65. The number of nitrogen functional groups attached to an aromatic ring is 1. The summed E-state index contributed by atoms with van der Waals surface area (Å²) in [6, 6.07) is 12.2. The highest BCUT2D eigenvalue weighted by Gasteiger charge is 2.49. The molecule has 1 fully saturated rings. The van der Waals surface area contributed by atoms with Crippen molar-refractivity contribution in [1.29, 1.82) is 0 Å². The van der Waals surface area contributed by atoms with Crippen LogP contribution in [0.3, 0.4) is 0 Å². The molecule has 1 saturated carbocycles. The lowest BCUT2D eigenvalue weighted by Crippen LogP contribution is -2.23. The first-order chi connectivity index (χ1) is 14.9. The molecule has 0 amide bonds. The summed E-state index contributed by atoms with van der Waals surface area (Å²) in [7, 11) is 0. The minimum Gasteiger partial charge on any atom is -0.481 e. The van der Waals surface area contributed by atoms with Crippen LogP contribution in [0, 0.1) is 5.41 Å². The zero-order valence-electron chi connectivity index (χ0n) is 18.7. The minimum atomic E-state index is -0.658. The van der Waals surface area contributed by atoms with Gasteiger partial charge in [-0.25, -0.2) is 4.98 Å². The lowest BCUT2D eigenvalue weighted by atomic mass is 9.92. The fraction of sp³-hybridized carbons (Fsp3) is 0.440. The maximum Gasteiger partial charge on any atom is 0.309 e. The van der Waals surface area contributed by atoms with Gasteiger partial charge in [-0.3, -0.25) is 4.79 Å². The molecule has 1 heterocycles. The second kappa shape index (κ2) is 12.1. The smallest absolute Gasteiger partial charge is 0.309 e. The number of nitrogens with zero attached hydrogens (tertiary/aromatic N) is 1. The van der Waals surface area contributed by atoms with Crippen LogP contribution in [0.2, 0.25) is 0 Å². The summed E-state index contributed by atoms with van der Waals surface area (Å²) >= 11 is 0. The van der Waals surface area contributed by atoms with Crippen molar-refractivity contribution >= 4 is 17.5 Å². The molecule has 6 heteroatoms. The topological polar surface area (TPSA) is 100 Å². The Morgan fingerprint density at radius 3 is 2.71 bits per heavy atom. The van der Waals surface area contributed by atoms with Gasteiger partial charge in [0.1, 0.15) is 5.82 Å². The van der Waals surface area contributed by atoms with E-state index >= 15 is 0 Å². The molecular weight excluding hydrogens is 388 g/mol. The van der Waals surface area contributed by atoms with E-state index in [1.807, 2.05) is 31.2 Å². The van der Waals surface area contributed by atoms with E-state index in [2.05, 4.69) is 41.3 Å². The van der Waals surface area contributed by atoms with E-state index in [1.165, 1.54) is 5.56 Å². The highest BCUT2D eigenvalue weighted by atomic mass is 16.4. The number of carbonyl (C=O) groups is 1. The van der Waals surface area contributed by atoms with E-state index < -0.39 is 11.4 Å². The second-order valence-electron chi connectivity index (χ2n) is 8.24. The standard InChI is InChI=1S/C22H30N4O2.C3H6/c1-16(15-24-10-4-12-25-19-7-3-11-26-20(19)23)18-6-2-5-17(13-18)14-22(8-9-22)21(27)28;1-3-2/h2-3,5-7,11,13,16,24-25H,4,8-10,12,14-15H2,1H3,(H2,23,26)(H,27,28);3H,1H2,2H3. The molecule has 2 aromatic rings. The quantitative estimate of drug-likeness (QED) is 0.314. The number of allylic oxidation sites excluding steroid dienone is 1. The number of anilines is 2. The zero-order valence-corrected chi connectivity index (χ0v) is 18.7. The zero-order chi connectivity index (χ0) is 22.7. The predicted octanol–water partition coefficient (Wildman–Crippen LogP) is 4.46. The SMILES string of the molecule is C=CC.CC(CNCCCNc1cccnc1N)c1cccc(CC2(C(=O)O)CC2)c1. The summed E-state index contributed by atoms with van der Waals surface area (Å²) in [5, 5.41) is 16.2. The molecule has 168 valence electrons. The van der Waals surface area contributed by atoms with Crippen LogP contribution in [0.15, 0.2) is 55.3 Å². The fourth-order valence-electron chi connectivity index (χ4n) is 3.46. The van der Waals surface area contributed by atoms with Gasteiger partial charge in [-0.05, 0) is 68.3 Å². The van der Waals surface area contributed by atoms with Crippen LogP contribution < -0.4 is 16.4 Å².